The van der Waals surface area contributed by atoms with Crippen molar-refractivity contribution >= 4 is 17.6 Å². The number of oxime groups is 1. The van der Waals surface area contributed by atoms with E-state index in [0.29, 0.717) is 11.7 Å². The van der Waals surface area contributed by atoms with Gasteiger partial charge in [-0.1, -0.05) is 12.1 Å². The number of nitrogens with one attached hydrogen (secondary N) is 1. The van der Waals surface area contributed by atoms with Gasteiger partial charge in [0.25, 0.3) is 0 Å². The molecule has 100 valence electrons. The van der Waals surface area contributed by atoms with Gasteiger partial charge in [0.1, 0.15) is 5.69 Å². The third-order valence-electron chi connectivity index (χ3n) is 2.42. The predicted octanol–water partition coefficient (Wildman–Crippen LogP) is 1.41. The number of nitrogens with two attached hydrogens (primary N) is 1. The van der Waals surface area contributed by atoms with Crippen molar-refractivity contribution in [3.8, 4) is 0 Å². The zero-order valence-electron chi connectivity index (χ0n) is 10.8. The molecule has 1 unspecified atom stereocenters. The van der Waals surface area contributed by atoms with Crippen LogP contribution in [0.25, 0.3) is 0 Å². The Kier molecular flexibility index (Phi) is 6.53. The lowest BCUT2D eigenvalue weighted by molar-refractivity contribution is 0.318. The van der Waals surface area contributed by atoms with Gasteiger partial charge in [-0.3, -0.25) is 4.98 Å². The van der Waals surface area contributed by atoms with E-state index in [2.05, 4.69) is 29.3 Å². The molecule has 0 fully saturated rings. The molecule has 1 aromatic heterocycles. The average Bonchev–Trinajstić information content (AvgIpc) is 2.42. The minimum Gasteiger partial charge on any atom is -0.409 e. The summed E-state index contributed by atoms with van der Waals surface area (Å²) in [6.07, 6.45) is 1.66. The summed E-state index contributed by atoms with van der Waals surface area (Å²) in [5, 5.41) is 15.0. The molecule has 0 amide bonds. The summed E-state index contributed by atoms with van der Waals surface area (Å²) >= 11 is 1.92. The Morgan fingerprint density at radius 1 is 1.67 bits per heavy atom. The molecule has 1 aromatic rings. The Labute approximate surface area is 112 Å². The Balaban J connectivity index is 2.52. The summed E-state index contributed by atoms with van der Waals surface area (Å²) in [5.41, 5.74) is 7.06. The zero-order valence-corrected chi connectivity index (χ0v) is 11.6. The van der Waals surface area contributed by atoms with Crippen LogP contribution < -0.4 is 11.1 Å². The number of nitrogens with zero attached hydrogens (tertiary/aromatic N) is 2. The topological polar surface area (TPSA) is 83.5 Å². The summed E-state index contributed by atoms with van der Waals surface area (Å²) in [7, 11) is 0. The van der Waals surface area contributed by atoms with Crippen molar-refractivity contribution in [3.05, 3.63) is 29.6 Å². The fourth-order valence-electron chi connectivity index (χ4n) is 1.42. The van der Waals surface area contributed by atoms with Gasteiger partial charge in [0.05, 0.1) is 0 Å². The van der Waals surface area contributed by atoms with E-state index in [9.17, 15) is 0 Å². The van der Waals surface area contributed by atoms with Gasteiger partial charge in [0, 0.05) is 24.5 Å². The Morgan fingerprint density at radius 2 is 2.44 bits per heavy atom. The third-order valence-corrected chi connectivity index (χ3v) is 3.57. The number of amidine groups is 1. The summed E-state index contributed by atoms with van der Waals surface area (Å²) in [6, 6.07) is 4.19. The lowest BCUT2D eigenvalue weighted by Gasteiger charge is -2.13. The summed E-state index contributed by atoms with van der Waals surface area (Å²) < 4.78 is 0. The first-order valence-electron chi connectivity index (χ1n) is 5.91. The van der Waals surface area contributed by atoms with Crippen molar-refractivity contribution in [1.82, 2.24) is 10.3 Å². The molecule has 0 spiro atoms. The first kappa shape index (κ1) is 14.8. The minimum absolute atomic E-state index is 0.0337. The van der Waals surface area contributed by atoms with Gasteiger partial charge in [-0.05, 0) is 30.4 Å². The maximum absolute atomic E-state index is 8.60. The summed E-state index contributed by atoms with van der Waals surface area (Å²) in [5.74, 6) is 2.26. The third kappa shape index (κ3) is 4.93. The molecular formula is C12H20N4OS. The van der Waals surface area contributed by atoms with Crippen molar-refractivity contribution in [2.75, 3.05) is 11.5 Å². The number of thioether (sulfide) groups is 1. The molecule has 1 rings (SSSR count). The van der Waals surface area contributed by atoms with Crippen molar-refractivity contribution in [2.45, 2.75) is 26.4 Å². The molecule has 0 saturated carbocycles. The first-order valence-corrected chi connectivity index (χ1v) is 7.06. The van der Waals surface area contributed by atoms with E-state index >= 15 is 0 Å². The Morgan fingerprint density at radius 3 is 3.11 bits per heavy atom. The molecule has 6 heteroatoms. The molecule has 1 atom stereocenters. The maximum atomic E-state index is 8.60. The second kappa shape index (κ2) is 7.94. The van der Waals surface area contributed by atoms with Crippen LogP contribution >= 0.6 is 11.8 Å². The minimum atomic E-state index is 0.0337. The fraction of sp³-hybridized carbons (Fsp3) is 0.500. The van der Waals surface area contributed by atoms with Crippen LogP contribution in [0.4, 0.5) is 0 Å². The normalized spacial score (nSPS) is 13.6. The van der Waals surface area contributed by atoms with Crippen LogP contribution in [-0.2, 0) is 6.54 Å². The molecule has 0 aliphatic heterocycles. The summed E-state index contributed by atoms with van der Waals surface area (Å²) in [4.78, 5) is 4.04. The van der Waals surface area contributed by atoms with E-state index in [4.69, 9.17) is 10.9 Å². The molecule has 0 aliphatic rings. The number of rotatable bonds is 7. The lowest BCUT2D eigenvalue weighted by atomic mass is 10.2. The molecule has 0 aliphatic carbocycles. The quantitative estimate of drug-likeness (QED) is 0.301. The second-order valence-electron chi connectivity index (χ2n) is 3.98. The van der Waals surface area contributed by atoms with Crippen molar-refractivity contribution in [1.29, 1.82) is 0 Å². The van der Waals surface area contributed by atoms with Gasteiger partial charge in [-0.15, -0.1) is 0 Å². The Bertz CT molecular complexity index is 397. The SMILES string of the molecule is CCSCC(C)NCc1ccnc(/C(N)=N/O)c1. The molecule has 1 heterocycles. The number of pyridine rings is 1. The zero-order chi connectivity index (χ0) is 13.4. The number of aromatic nitrogens is 1. The highest BCUT2D eigenvalue weighted by Crippen LogP contribution is 2.05. The van der Waals surface area contributed by atoms with E-state index < -0.39 is 0 Å². The molecule has 0 saturated heterocycles. The monoisotopic (exact) mass is 268 g/mol. The van der Waals surface area contributed by atoms with E-state index in [1.165, 1.54) is 0 Å². The van der Waals surface area contributed by atoms with E-state index in [0.717, 1.165) is 23.6 Å². The Hall–Kier alpha value is -1.27. The van der Waals surface area contributed by atoms with Crippen LogP contribution in [0.2, 0.25) is 0 Å². The highest BCUT2D eigenvalue weighted by atomic mass is 32.2. The van der Waals surface area contributed by atoms with Crippen molar-refractivity contribution in [2.24, 2.45) is 10.9 Å². The van der Waals surface area contributed by atoms with E-state index in [1.54, 1.807) is 6.20 Å². The van der Waals surface area contributed by atoms with Gasteiger partial charge in [-0.2, -0.15) is 11.8 Å². The van der Waals surface area contributed by atoms with Crippen molar-refractivity contribution in [3.63, 3.8) is 0 Å². The molecule has 0 aromatic carbocycles. The lowest BCUT2D eigenvalue weighted by Crippen LogP contribution is -2.28. The van der Waals surface area contributed by atoms with Crippen LogP contribution in [0.5, 0.6) is 0 Å². The molecule has 4 N–H and O–H groups in total. The maximum Gasteiger partial charge on any atom is 0.188 e. The van der Waals surface area contributed by atoms with Crippen molar-refractivity contribution < 1.29 is 5.21 Å². The van der Waals surface area contributed by atoms with Crippen LogP contribution in [0.3, 0.4) is 0 Å². The van der Waals surface area contributed by atoms with Gasteiger partial charge in [0.15, 0.2) is 5.84 Å². The van der Waals surface area contributed by atoms with Crippen LogP contribution in [0.1, 0.15) is 25.1 Å². The first-order chi connectivity index (χ1) is 8.67. The van der Waals surface area contributed by atoms with Crippen LogP contribution in [0, 0.1) is 0 Å². The largest absolute Gasteiger partial charge is 0.409 e. The molecule has 18 heavy (non-hydrogen) atoms. The number of hydrogen-bond donors (Lipinski definition) is 3. The standard InChI is InChI=1S/C12H20N4OS/c1-3-18-8-9(2)15-7-10-4-5-14-11(6-10)12(13)16-17/h4-6,9,15,17H,3,7-8H2,1-2H3,(H2,13,16). The van der Waals surface area contributed by atoms with E-state index in [1.807, 2.05) is 23.9 Å². The van der Waals surface area contributed by atoms with Crippen LogP contribution in [-0.4, -0.2) is 33.6 Å². The highest BCUT2D eigenvalue weighted by molar-refractivity contribution is 7.99. The number of hydrogen-bond acceptors (Lipinski definition) is 5. The predicted molar refractivity (Wildman–Crippen MR) is 76.0 cm³/mol. The molecule has 5 nitrogen and oxygen atoms in total. The van der Waals surface area contributed by atoms with Gasteiger partial charge >= 0.3 is 0 Å². The van der Waals surface area contributed by atoms with Gasteiger partial charge in [0.2, 0.25) is 0 Å². The second-order valence-corrected chi connectivity index (χ2v) is 5.29. The van der Waals surface area contributed by atoms with Crippen LogP contribution in [0.15, 0.2) is 23.5 Å². The molecular weight excluding hydrogens is 248 g/mol. The molecule has 0 radical (unpaired) electrons. The van der Waals surface area contributed by atoms with Gasteiger partial charge < -0.3 is 16.3 Å². The smallest absolute Gasteiger partial charge is 0.188 e. The average molecular weight is 268 g/mol. The fourth-order valence-corrected chi connectivity index (χ4v) is 2.13. The summed E-state index contributed by atoms with van der Waals surface area (Å²) in [6.45, 7) is 5.07. The highest BCUT2D eigenvalue weighted by Gasteiger charge is 2.04. The molecule has 0 bridgehead atoms. The van der Waals surface area contributed by atoms with E-state index in [-0.39, 0.29) is 5.84 Å². The van der Waals surface area contributed by atoms with Gasteiger partial charge in [-0.25, -0.2) is 0 Å².